The highest BCUT2D eigenvalue weighted by Crippen LogP contribution is 2.36. The minimum atomic E-state index is -0.299. The second-order valence-corrected chi connectivity index (χ2v) is 5.93. The van der Waals surface area contributed by atoms with Crippen molar-refractivity contribution in [1.29, 1.82) is 0 Å². The fourth-order valence-electron chi connectivity index (χ4n) is 2.36. The molecule has 0 radical (unpaired) electrons. The second-order valence-electron chi connectivity index (χ2n) is 5.93. The van der Waals surface area contributed by atoms with Gasteiger partial charge in [-0.25, -0.2) is 0 Å². The molecule has 0 saturated heterocycles. The lowest BCUT2D eigenvalue weighted by molar-refractivity contribution is -0.133. The molecule has 1 aliphatic carbocycles. The minimum absolute atomic E-state index is 0.115. The maximum Gasteiger partial charge on any atom is 0.226 e. The van der Waals surface area contributed by atoms with Gasteiger partial charge in [-0.05, 0) is 33.1 Å². The summed E-state index contributed by atoms with van der Waals surface area (Å²) in [5.41, 5.74) is -0.489. The van der Waals surface area contributed by atoms with Gasteiger partial charge in [-0.15, -0.1) is 0 Å². The van der Waals surface area contributed by atoms with Crippen LogP contribution in [0.15, 0.2) is 0 Å². The van der Waals surface area contributed by atoms with Gasteiger partial charge in [-0.1, -0.05) is 26.2 Å². The van der Waals surface area contributed by atoms with Gasteiger partial charge in [0.1, 0.15) is 0 Å². The van der Waals surface area contributed by atoms with Crippen LogP contribution in [-0.2, 0) is 4.79 Å². The molecule has 1 aliphatic rings. The third-order valence-corrected chi connectivity index (χ3v) is 3.69. The predicted molar refractivity (Wildman–Crippen MR) is 65.1 cm³/mol. The van der Waals surface area contributed by atoms with Crippen molar-refractivity contribution < 1.29 is 9.90 Å². The summed E-state index contributed by atoms with van der Waals surface area (Å²) in [4.78, 5) is 12.2. The van der Waals surface area contributed by atoms with Gasteiger partial charge in [0.15, 0.2) is 0 Å². The van der Waals surface area contributed by atoms with E-state index in [1.165, 1.54) is 6.42 Å². The van der Waals surface area contributed by atoms with E-state index < -0.39 is 0 Å². The molecular weight excluding hydrogens is 202 g/mol. The van der Waals surface area contributed by atoms with Crippen molar-refractivity contribution >= 4 is 5.91 Å². The van der Waals surface area contributed by atoms with Crippen LogP contribution in [0.25, 0.3) is 0 Å². The van der Waals surface area contributed by atoms with Gasteiger partial charge in [0.05, 0.1) is 0 Å². The van der Waals surface area contributed by atoms with Crippen molar-refractivity contribution in [3.05, 3.63) is 0 Å². The SMILES string of the molecule is CC(C)(CCO)NC(=O)C1(C)CCCCC1. The Bertz CT molecular complexity index is 242. The van der Waals surface area contributed by atoms with Crippen LogP contribution < -0.4 is 5.32 Å². The van der Waals surface area contributed by atoms with Crippen LogP contribution in [0, 0.1) is 5.41 Å². The molecule has 1 rings (SSSR count). The predicted octanol–water partition coefficient (Wildman–Crippen LogP) is 2.23. The monoisotopic (exact) mass is 227 g/mol. The van der Waals surface area contributed by atoms with E-state index in [0.717, 1.165) is 25.7 Å². The Morgan fingerprint density at radius 1 is 1.31 bits per heavy atom. The zero-order valence-electron chi connectivity index (χ0n) is 10.8. The molecule has 0 aromatic carbocycles. The lowest BCUT2D eigenvalue weighted by atomic mass is 9.74. The molecule has 0 aromatic rings. The lowest BCUT2D eigenvalue weighted by Gasteiger charge is -2.36. The van der Waals surface area contributed by atoms with Gasteiger partial charge < -0.3 is 10.4 Å². The van der Waals surface area contributed by atoms with E-state index in [1.54, 1.807) is 0 Å². The highest BCUT2D eigenvalue weighted by Gasteiger charge is 2.36. The van der Waals surface area contributed by atoms with Crippen molar-refractivity contribution in [2.24, 2.45) is 5.41 Å². The first kappa shape index (κ1) is 13.5. The Hall–Kier alpha value is -0.570. The molecule has 3 nitrogen and oxygen atoms in total. The largest absolute Gasteiger partial charge is 0.396 e. The fourth-order valence-corrected chi connectivity index (χ4v) is 2.36. The van der Waals surface area contributed by atoms with Crippen molar-refractivity contribution in [2.75, 3.05) is 6.61 Å². The number of carbonyl (C=O) groups is 1. The number of aliphatic hydroxyl groups is 1. The molecular formula is C13H25NO2. The van der Waals surface area contributed by atoms with Crippen molar-refractivity contribution in [2.45, 2.75) is 64.8 Å². The molecule has 0 unspecified atom stereocenters. The van der Waals surface area contributed by atoms with E-state index in [-0.39, 0.29) is 23.5 Å². The van der Waals surface area contributed by atoms with Crippen LogP contribution in [0.3, 0.4) is 0 Å². The summed E-state index contributed by atoms with van der Waals surface area (Å²) >= 11 is 0. The third kappa shape index (κ3) is 3.48. The molecule has 0 heterocycles. The molecule has 3 heteroatoms. The van der Waals surface area contributed by atoms with Crippen molar-refractivity contribution in [1.82, 2.24) is 5.32 Å². The number of rotatable bonds is 4. The van der Waals surface area contributed by atoms with Crippen LogP contribution in [0.2, 0.25) is 0 Å². The van der Waals surface area contributed by atoms with E-state index in [4.69, 9.17) is 5.11 Å². The normalized spacial score (nSPS) is 20.5. The Balaban J connectivity index is 2.56. The lowest BCUT2D eigenvalue weighted by Crippen LogP contribution is -2.50. The van der Waals surface area contributed by atoms with E-state index in [1.807, 2.05) is 13.8 Å². The molecule has 0 aromatic heterocycles. The van der Waals surface area contributed by atoms with E-state index >= 15 is 0 Å². The van der Waals surface area contributed by atoms with Gasteiger partial charge in [-0.2, -0.15) is 0 Å². The molecule has 0 bridgehead atoms. The Kier molecular flexibility index (Phi) is 4.36. The first-order valence-corrected chi connectivity index (χ1v) is 6.33. The number of hydrogen-bond acceptors (Lipinski definition) is 2. The molecule has 0 aliphatic heterocycles. The van der Waals surface area contributed by atoms with Gasteiger partial charge in [0.25, 0.3) is 0 Å². The quantitative estimate of drug-likeness (QED) is 0.774. The minimum Gasteiger partial charge on any atom is -0.396 e. The Labute approximate surface area is 98.6 Å². The molecule has 16 heavy (non-hydrogen) atoms. The second kappa shape index (κ2) is 5.17. The molecule has 2 N–H and O–H groups in total. The van der Waals surface area contributed by atoms with Crippen molar-refractivity contribution in [3.8, 4) is 0 Å². The summed E-state index contributed by atoms with van der Waals surface area (Å²) in [7, 11) is 0. The zero-order valence-corrected chi connectivity index (χ0v) is 10.8. The number of aliphatic hydroxyl groups excluding tert-OH is 1. The van der Waals surface area contributed by atoms with Gasteiger partial charge >= 0.3 is 0 Å². The molecule has 94 valence electrons. The molecule has 1 amide bonds. The van der Waals surface area contributed by atoms with E-state index in [0.29, 0.717) is 6.42 Å². The number of carbonyl (C=O) groups excluding carboxylic acids is 1. The Morgan fingerprint density at radius 2 is 1.88 bits per heavy atom. The van der Waals surface area contributed by atoms with Crippen LogP contribution in [-0.4, -0.2) is 23.2 Å². The molecule has 0 atom stereocenters. The van der Waals surface area contributed by atoms with E-state index in [9.17, 15) is 4.79 Å². The summed E-state index contributed by atoms with van der Waals surface area (Å²) in [5.74, 6) is 0.158. The topological polar surface area (TPSA) is 49.3 Å². The average Bonchev–Trinajstić information content (AvgIpc) is 2.17. The highest BCUT2D eigenvalue weighted by atomic mass is 16.3. The zero-order chi connectivity index (χ0) is 12.2. The Morgan fingerprint density at radius 3 is 2.38 bits per heavy atom. The van der Waals surface area contributed by atoms with Crippen LogP contribution in [0.5, 0.6) is 0 Å². The van der Waals surface area contributed by atoms with Gasteiger partial charge in [0.2, 0.25) is 5.91 Å². The number of nitrogens with one attached hydrogen (secondary N) is 1. The summed E-state index contributed by atoms with van der Waals surface area (Å²) in [6.45, 7) is 6.11. The molecule has 1 saturated carbocycles. The standard InChI is InChI=1S/C13H25NO2/c1-12(2,9-10-15)14-11(16)13(3)7-5-4-6-8-13/h15H,4-10H2,1-3H3,(H,14,16). The maximum absolute atomic E-state index is 12.2. The fraction of sp³-hybridized carbons (Fsp3) is 0.923. The van der Waals surface area contributed by atoms with Crippen molar-refractivity contribution in [3.63, 3.8) is 0 Å². The third-order valence-electron chi connectivity index (χ3n) is 3.69. The summed E-state index contributed by atoms with van der Waals surface area (Å²) in [6, 6.07) is 0. The van der Waals surface area contributed by atoms with Gasteiger partial charge in [0, 0.05) is 17.6 Å². The van der Waals surface area contributed by atoms with Gasteiger partial charge in [-0.3, -0.25) is 4.79 Å². The first-order chi connectivity index (χ1) is 7.40. The van der Waals surface area contributed by atoms with Crippen LogP contribution in [0.1, 0.15) is 59.3 Å². The highest BCUT2D eigenvalue weighted by molar-refractivity contribution is 5.82. The summed E-state index contributed by atoms with van der Waals surface area (Å²) in [6.07, 6.45) is 6.16. The average molecular weight is 227 g/mol. The molecule has 0 spiro atoms. The van der Waals surface area contributed by atoms with Crippen LogP contribution >= 0.6 is 0 Å². The maximum atomic E-state index is 12.2. The number of amides is 1. The van der Waals surface area contributed by atoms with Crippen LogP contribution in [0.4, 0.5) is 0 Å². The molecule has 1 fully saturated rings. The first-order valence-electron chi connectivity index (χ1n) is 6.33. The smallest absolute Gasteiger partial charge is 0.226 e. The van der Waals surface area contributed by atoms with E-state index in [2.05, 4.69) is 12.2 Å². The summed E-state index contributed by atoms with van der Waals surface area (Å²) < 4.78 is 0. The number of hydrogen-bond donors (Lipinski definition) is 2. The summed E-state index contributed by atoms with van der Waals surface area (Å²) in [5, 5.41) is 12.0.